The first-order chi connectivity index (χ1) is 6.05. The van der Waals surface area contributed by atoms with E-state index < -0.39 is 0 Å². The first-order valence-corrected chi connectivity index (χ1v) is 6.05. The lowest BCUT2D eigenvalue weighted by atomic mass is 9.90. The highest BCUT2D eigenvalue weighted by atomic mass is 14.8. The highest BCUT2D eigenvalue weighted by molar-refractivity contribution is 5.23. The molecule has 2 saturated carbocycles. The first-order valence-electron chi connectivity index (χ1n) is 6.05. The van der Waals surface area contributed by atoms with Gasteiger partial charge >= 0.3 is 0 Å². The molecule has 0 aromatic rings. The van der Waals surface area contributed by atoms with Gasteiger partial charge in [0.2, 0.25) is 0 Å². The Morgan fingerprint density at radius 1 is 1.31 bits per heavy atom. The van der Waals surface area contributed by atoms with Crippen molar-refractivity contribution in [3.8, 4) is 0 Å². The summed E-state index contributed by atoms with van der Waals surface area (Å²) in [6.07, 6.45) is 2.97. The molecule has 1 spiro atoms. The molecule has 2 fully saturated rings. The molecule has 0 saturated heterocycles. The van der Waals surface area contributed by atoms with Crippen molar-refractivity contribution in [2.45, 2.75) is 47.5 Å². The molecule has 0 aromatic carbocycles. The molecule has 5 unspecified atom stereocenters. The Morgan fingerprint density at radius 3 is 2.31 bits per heavy atom. The standard InChI is InChI=1S/C13H24/c1-6-11-7-13(11)10(5)12(13)9(4)8(2)3/h8-12H,6-7H2,1-5H3. The molecule has 0 radical (unpaired) electrons. The Hall–Kier alpha value is 0. The van der Waals surface area contributed by atoms with E-state index in [-0.39, 0.29) is 0 Å². The van der Waals surface area contributed by atoms with Crippen LogP contribution >= 0.6 is 0 Å². The summed E-state index contributed by atoms with van der Waals surface area (Å²) in [5.41, 5.74) is 0.846. The van der Waals surface area contributed by atoms with E-state index in [0.29, 0.717) is 0 Å². The van der Waals surface area contributed by atoms with Crippen LogP contribution in [-0.4, -0.2) is 0 Å². The molecule has 2 rings (SSSR count). The minimum atomic E-state index is 0.846. The van der Waals surface area contributed by atoms with Gasteiger partial charge in [0.15, 0.2) is 0 Å². The van der Waals surface area contributed by atoms with Crippen LogP contribution in [0.25, 0.3) is 0 Å². The molecule has 2 aliphatic carbocycles. The number of hydrogen-bond acceptors (Lipinski definition) is 0. The maximum Gasteiger partial charge on any atom is -0.0204 e. The van der Waals surface area contributed by atoms with Crippen molar-refractivity contribution < 1.29 is 0 Å². The van der Waals surface area contributed by atoms with Gasteiger partial charge in [0, 0.05) is 0 Å². The van der Waals surface area contributed by atoms with Crippen molar-refractivity contribution in [3.05, 3.63) is 0 Å². The van der Waals surface area contributed by atoms with Gasteiger partial charge < -0.3 is 0 Å². The molecule has 0 heteroatoms. The van der Waals surface area contributed by atoms with Crippen molar-refractivity contribution in [2.75, 3.05) is 0 Å². The van der Waals surface area contributed by atoms with Crippen molar-refractivity contribution in [1.82, 2.24) is 0 Å². The summed E-state index contributed by atoms with van der Waals surface area (Å²) in [5.74, 6) is 5.03. The van der Waals surface area contributed by atoms with E-state index in [0.717, 1.165) is 35.0 Å². The third kappa shape index (κ3) is 1.10. The van der Waals surface area contributed by atoms with Crippen LogP contribution in [0.4, 0.5) is 0 Å². The van der Waals surface area contributed by atoms with Crippen molar-refractivity contribution in [1.29, 1.82) is 0 Å². The summed E-state index contributed by atoms with van der Waals surface area (Å²) in [7, 11) is 0. The number of hydrogen-bond donors (Lipinski definition) is 0. The van der Waals surface area contributed by atoms with E-state index >= 15 is 0 Å². The average Bonchev–Trinajstić information content (AvgIpc) is 2.92. The van der Waals surface area contributed by atoms with Gasteiger partial charge in [-0.1, -0.05) is 41.0 Å². The highest BCUT2D eigenvalue weighted by Crippen LogP contribution is 2.81. The SMILES string of the molecule is CCC1CC12C(C)C2C(C)C(C)C. The third-order valence-corrected chi connectivity index (χ3v) is 5.21. The van der Waals surface area contributed by atoms with Crippen molar-refractivity contribution in [2.24, 2.45) is 35.0 Å². The van der Waals surface area contributed by atoms with Crippen LogP contribution in [0.3, 0.4) is 0 Å². The molecule has 76 valence electrons. The van der Waals surface area contributed by atoms with Gasteiger partial charge in [0.1, 0.15) is 0 Å². The molecule has 0 nitrogen and oxygen atoms in total. The molecule has 0 heterocycles. The van der Waals surface area contributed by atoms with E-state index in [1.807, 2.05) is 0 Å². The quantitative estimate of drug-likeness (QED) is 0.616. The van der Waals surface area contributed by atoms with Crippen LogP contribution in [0.15, 0.2) is 0 Å². The molecule has 13 heavy (non-hydrogen) atoms. The Labute approximate surface area is 83.1 Å². The fourth-order valence-corrected chi connectivity index (χ4v) is 3.91. The zero-order valence-electron chi connectivity index (χ0n) is 9.80. The monoisotopic (exact) mass is 180 g/mol. The summed E-state index contributed by atoms with van der Waals surface area (Å²) < 4.78 is 0. The first kappa shape index (κ1) is 9.55. The summed E-state index contributed by atoms with van der Waals surface area (Å²) in [6.45, 7) is 12.1. The summed E-state index contributed by atoms with van der Waals surface area (Å²) in [4.78, 5) is 0. The smallest absolute Gasteiger partial charge is 0.0204 e. The van der Waals surface area contributed by atoms with Crippen LogP contribution in [0.1, 0.15) is 47.5 Å². The predicted molar refractivity (Wildman–Crippen MR) is 57.5 cm³/mol. The Bertz CT molecular complexity index is 206. The molecule has 2 aliphatic rings. The highest BCUT2D eigenvalue weighted by Gasteiger charge is 2.75. The fourth-order valence-electron chi connectivity index (χ4n) is 3.91. The van der Waals surface area contributed by atoms with Crippen LogP contribution in [0.2, 0.25) is 0 Å². The summed E-state index contributed by atoms with van der Waals surface area (Å²) in [6, 6.07) is 0. The Balaban J connectivity index is 1.99. The fraction of sp³-hybridized carbons (Fsp3) is 1.00. The van der Waals surface area contributed by atoms with E-state index in [4.69, 9.17) is 0 Å². The lowest BCUT2D eigenvalue weighted by Crippen LogP contribution is -2.08. The van der Waals surface area contributed by atoms with E-state index in [1.165, 1.54) is 6.42 Å². The van der Waals surface area contributed by atoms with Crippen molar-refractivity contribution >= 4 is 0 Å². The lowest BCUT2D eigenvalue weighted by molar-refractivity contribution is 0.339. The molecule has 0 amide bonds. The normalized spacial score (nSPS) is 49.8. The van der Waals surface area contributed by atoms with E-state index in [1.54, 1.807) is 6.42 Å². The Kier molecular flexibility index (Phi) is 2.02. The minimum absolute atomic E-state index is 0.846. The molecule has 0 bridgehead atoms. The van der Waals surface area contributed by atoms with Gasteiger partial charge in [-0.15, -0.1) is 0 Å². The molecule has 5 atom stereocenters. The van der Waals surface area contributed by atoms with Crippen LogP contribution in [-0.2, 0) is 0 Å². The second kappa shape index (κ2) is 2.74. The van der Waals surface area contributed by atoms with Gasteiger partial charge in [-0.3, -0.25) is 0 Å². The second-order valence-electron chi connectivity index (χ2n) is 5.84. The largest absolute Gasteiger partial charge is 0.0651 e. The third-order valence-electron chi connectivity index (χ3n) is 5.21. The molecule has 0 aromatic heterocycles. The van der Waals surface area contributed by atoms with Gasteiger partial charge in [-0.2, -0.15) is 0 Å². The van der Waals surface area contributed by atoms with E-state index in [2.05, 4.69) is 34.6 Å². The molecular formula is C13H24. The van der Waals surface area contributed by atoms with Gasteiger partial charge in [0.05, 0.1) is 0 Å². The van der Waals surface area contributed by atoms with Gasteiger partial charge in [-0.05, 0) is 41.4 Å². The minimum Gasteiger partial charge on any atom is -0.0651 e. The topological polar surface area (TPSA) is 0 Å². The predicted octanol–water partition coefficient (Wildman–Crippen LogP) is 3.96. The molecule has 0 aliphatic heterocycles. The molecular weight excluding hydrogens is 156 g/mol. The van der Waals surface area contributed by atoms with Crippen LogP contribution in [0.5, 0.6) is 0 Å². The second-order valence-corrected chi connectivity index (χ2v) is 5.84. The Morgan fingerprint density at radius 2 is 1.92 bits per heavy atom. The van der Waals surface area contributed by atoms with Crippen LogP contribution < -0.4 is 0 Å². The summed E-state index contributed by atoms with van der Waals surface area (Å²) in [5, 5.41) is 0. The van der Waals surface area contributed by atoms with Gasteiger partial charge in [0.25, 0.3) is 0 Å². The summed E-state index contributed by atoms with van der Waals surface area (Å²) >= 11 is 0. The average molecular weight is 180 g/mol. The lowest BCUT2D eigenvalue weighted by Gasteiger charge is -2.15. The molecule has 0 N–H and O–H groups in total. The number of rotatable bonds is 3. The van der Waals surface area contributed by atoms with E-state index in [9.17, 15) is 0 Å². The van der Waals surface area contributed by atoms with Crippen molar-refractivity contribution in [3.63, 3.8) is 0 Å². The zero-order valence-corrected chi connectivity index (χ0v) is 9.80. The van der Waals surface area contributed by atoms with Gasteiger partial charge in [-0.25, -0.2) is 0 Å². The maximum atomic E-state index is 2.49. The maximum absolute atomic E-state index is 2.49. The zero-order chi connectivity index (χ0) is 9.80. The van der Waals surface area contributed by atoms with Crippen LogP contribution in [0, 0.1) is 35.0 Å².